The predicted molar refractivity (Wildman–Crippen MR) is 90.0 cm³/mol. The van der Waals surface area contributed by atoms with E-state index in [9.17, 15) is 5.11 Å². The van der Waals surface area contributed by atoms with Gasteiger partial charge < -0.3 is 14.6 Å². The molecule has 0 bridgehead atoms. The van der Waals surface area contributed by atoms with Crippen LogP contribution in [-0.4, -0.2) is 12.2 Å². The second kappa shape index (κ2) is 6.99. The highest BCUT2D eigenvalue weighted by Crippen LogP contribution is 2.36. The van der Waals surface area contributed by atoms with E-state index < -0.39 is 6.10 Å². The molecule has 0 heterocycles. The normalized spacial score (nSPS) is 11.7. The Kier molecular flexibility index (Phi) is 4.60. The molecule has 0 radical (unpaired) electrons. The van der Waals surface area contributed by atoms with Crippen molar-refractivity contribution in [3.63, 3.8) is 0 Å². The molecule has 0 saturated heterocycles. The maximum absolute atomic E-state index is 10.8. The smallest absolute Gasteiger partial charge is 0.133 e. The molecule has 23 heavy (non-hydrogen) atoms. The van der Waals surface area contributed by atoms with E-state index in [4.69, 9.17) is 9.47 Å². The molecule has 3 aromatic carbocycles. The summed E-state index contributed by atoms with van der Waals surface area (Å²) in [5.41, 5.74) is 1.40. The third-order valence-corrected chi connectivity index (χ3v) is 3.62. The van der Waals surface area contributed by atoms with E-state index in [1.807, 2.05) is 78.9 Å². The largest absolute Gasteiger partial charge is 0.496 e. The van der Waals surface area contributed by atoms with Gasteiger partial charge in [0, 0.05) is 11.1 Å². The third-order valence-electron chi connectivity index (χ3n) is 3.62. The highest BCUT2D eigenvalue weighted by atomic mass is 16.5. The van der Waals surface area contributed by atoms with Crippen molar-refractivity contribution >= 4 is 0 Å². The van der Waals surface area contributed by atoms with Crippen molar-refractivity contribution in [2.75, 3.05) is 7.11 Å². The molecule has 3 heteroatoms. The number of rotatable bonds is 5. The lowest BCUT2D eigenvalue weighted by atomic mass is 10.00. The minimum absolute atomic E-state index is 0.622. The van der Waals surface area contributed by atoms with Crippen molar-refractivity contribution < 1.29 is 14.6 Å². The Labute approximate surface area is 135 Å². The van der Waals surface area contributed by atoms with E-state index in [0.717, 1.165) is 5.75 Å². The van der Waals surface area contributed by atoms with Gasteiger partial charge in [-0.15, -0.1) is 0 Å². The van der Waals surface area contributed by atoms with Crippen LogP contribution < -0.4 is 9.47 Å². The molecule has 0 saturated carbocycles. The van der Waals surface area contributed by atoms with Crippen LogP contribution in [0.5, 0.6) is 17.2 Å². The monoisotopic (exact) mass is 306 g/mol. The van der Waals surface area contributed by atoms with Gasteiger partial charge in [-0.1, -0.05) is 54.6 Å². The highest BCUT2D eigenvalue weighted by molar-refractivity contribution is 5.46. The standard InChI is InChI=1S/C20H18O3/c1-22-18-13-7-5-11-16(18)20(21)17-12-6-8-14-19(17)23-15-9-3-2-4-10-15/h2-14,20-21H,1H3. The number of hydrogen-bond acceptors (Lipinski definition) is 3. The van der Waals surface area contributed by atoms with Crippen LogP contribution in [-0.2, 0) is 0 Å². The first-order valence-electron chi connectivity index (χ1n) is 7.42. The first-order chi connectivity index (χ1) is 11.3. The van der Waals surface area contributed by atoms with Gasteiger partial charge in [0.05, 0.1) is 7.11 Å². The van der Waals surface area contributed by atoms with Gasteiger partial charge in [0.25, 0.3) is 0 Å². The lowest BCUT2D eigenvalue weighted by molar-refractivity contribution is 0.211. The van der Waals surface area contributed by atoms with Crippen molar-refractivity contribution in [2.24, 2.45) is 0 Å². The van der Waals surface area contributed by atoms with Crippen molar-refractivity contribution in [2.45, 2.75) is 6.10 Å². The number of ether oxygens (including phenoxy) is 2. The van der Waals surface area contributed by atoms with Crippen LogP contribution >= 0.6 is 0 Å². The molecule has 0 fully saturated rings. The number of benzene rings is 3. The van der Waals surface area contributed by atoms with Crippen LogP contribution in [0.3, 0.4) is 0 Å². The van der Waals surface area contributed by atoms with Crippen molar-refractivity contribution in [1.29, 1.82) is 0 Å². The minimum Gasteiger partial charge on any atom is -0.496 e. The summed E-state index contributed by atoms with van der Waals surface area (Å²) >= 11 is 0. The minimum atomic E-state index is -0.828. The summed E-state index contributed by atoms with van der Waals surface area (Å²) in [5.74, 6) is 2.00. The van der Waals surface area contributed by atoms with Crippen LogP contribution in [0.15, 0.2) is 78.9 Å². The van der Waals surface area contributed by atoms with E-state index in [1.54, 1.807) is 7.11 Å². The van der Waals surface area contributed by atoms with Gasteiger partial charge in [-0.05, 0) is 24.3 Å². The van der Waals surface area contributed by atoms with E-state index in [-0.39, 0.29) is 0 Å². The van der Waals surface area contributed by atoms with Gasteiger partial charge in [-0.3, -0.25) is 0 Å². The van der Waals surface area contributed by atoms with E-state index in [1.165, 1.54) is 0 Å². The molecular formula is C20H18O3. The zero-order chi connectivity index (χ0) is 16.1. The van der Waals surface area contributed by atoms with Gasteiger partial charge in [0.2, 0.25) is 0 Å². The molecule has 1 atom stereocenters. The van der Waals surface area contributed by atoms with E-state index in [0.29, 0.717) is 22.6 Å². The summed E-state index contributed by atoms with van der Waals surface area (Å²) in [5, 5.41) is 10.8. The Morgan fingerprint density at radius 3 is 1.87 bits per heavy atom. The lowest BCUT2D eigenvalue weighted by Gasteiger charge is -2.18. The Hall–Kier alpha value is -2.78. The molecule has 0 aliphatic heterocycles. The molecule has 116 valence electrons. The molecule has 0 amide bonds. The molecule has 1 N–H and O–H groups in total. The number of aliphatic hydroxyl groups excluding tert-OH is 1. The second-order valence-electron chi connectivity index (χ2n) is 5.10. The van der Waals surface area contributed by atoms with E-state index in [2.05, 4.69) is 0 Å². The van der Waals surface area contributed by atoms with Crippen LogP contribution in [0.25, 0.3) is 0 Å². The Morgan fingerprint density at radius 1 is 0.696 bits per heavy atom. The zero-order valence-electron chi connectivity index (χ0n) is 12.8. The maximum Gasteiger partial charge on any atom is 0.133 e. The van der Waals surface area contributed by atoms with Gasteiger partial charge in [0.15, 0.2) is 0 Å². The summed E-state index contributed by atoms with van der Waals surface area (Å²) in [6.07, 6.45) is -0.828. The molecule has 1 unspecified atom stereocenters. The van der Waals surface area contributed by atoms with Crippen molar-refractivity contribution in [3.05, 3.63) is 90.0 Å². The first-order valence-corrected chi connectivity index (χ1v) is 7.42. The number of methoxy groups -OCH3 is 1. The fourth-order valence-electron chi connectivity index (χ4n) is 2.47. The molecule has 0 aromatic heterocycles. The predicted octanol–water partition coefficient (Wildman–Crippen LogP) is 4.57. The molecule has 3 rings (SSSR count). The molecule has 0 spiro atoms. The zero-order valence-corrected chi connectivity index (χ0v) is 12.8. The molecule has 3 aromatic rings. The average Bonchev–Trinajstić information content (AvgIpc) is 2.62. The lowest BCUT2D eigenvalue weighted by Crippen LogP contribution is -2.04. The Balaban J connectivity index is 1.96. The summed E-state index contributed by atoms with van der Waals surface area (Å²) < 4.78 is 11.3. The average molecular weight is 306 g/mol. The Bertz CT molecular complexity index is 769. The fourth-order valence-corrected chi connectivity index (χ4v) is 2.47. The van der Waals surface area contributed by atoms with E-state index >= 15 is 0 Å². The van der Waals surface area contributed by atoms with Crippen LogP contribution in [0.4, 0.5) is 0 Å². The number of hydrogen-bond donors (Lipinski definition) is 1. The molecule has 3 nitrogen and oxygen atoms in total. The SMILES string of the molecule is COc1ccccc1C(O)c1ccccc1Oc1ccccc1. The van der Waals surface area contributed by atoms with Crippen LogP contribution in [0.2, 0.25) is 0 Å². The van der Waals surface area contributed by atoms with Gasteiger partial charge in [0.1, 0.15) is 23.4 Å². The number of para-hydroxylation sites is 3. The van der Waals surface area contributed by atoms with Crippen LogP contribution in [0, 0.1) is 0 Å². The third kappa shape index (κ3) is 3.35. The molecule has 0 aliphatic rings. The van der Waals surface area contributed by atoms with Gasteiger partial charge in [-0.25, -0.2) is 0 Å². The summed E-state index contributed by atoms with van der Waals surface area (Å²) in [4.78, 5) is 0. The second-order valence-corrected chi connectivity index (χ2v) is 5.10. The van der Waals surface area contributed by atoms with Crippen molar-refractivity contribution in [3.8, 4) is 17.2 Å². The number of aliphatic hydroxyl groups is 1. The quantitative estimate of drug-likeness (QED) is 0.750. The maximum atomic E-state index is 10.8. The van der Waals surface area contributed by atoms with Gasteiger partial charge >= 0.3 is 0 Å². The first kappa shape index (κ1) is 15.1. The Morgan fingerprint density at radius 2 is 1.22 bits per heavy atom. The fraction of sp³-hybridized carbons (Fsp3) is 0.100. The molecule has 0 aliphatic carbocycles. The summed E-state index contributed by atoms with van der Waals surface area (Å²) in [6.45, 7) is 0. The highest BCUT2D eigenvalue weighted by Gasteiger charge is 2.19. The summed E-state index contributed by atoms with van der Waals surface area (Å²) in [6, 6.07) is 24.4. The topological polar surface area (TPSA) is 38.7 Å². The van der Waals surface area contributed by atoms with Crippen molar-refractivity contribution in [1.82, 2.24) is 0 Å². The van der Waals surface area contributed by atoms with Crippen LogP contribution in [0.1, 0.15) is 17.2 Å². The molecular weight excluding hydrogens is 288 g/mol. The summed E-state index contributed by atoms with van der Waals surface area (Å²) in [7, 11) is 1.60. The van der Waals surface area contributed by atoms with Gasteiger partial charge in [-0.2, -0.15) is 0 Å².